The zero-order chi connectivity index (χ0) is 13.8. The molecule has 0 fully saturated rings. The number of ether oxygens (including phenoxy) is 2. The van der Waals surface area contributed by atoms with Crippen molar-refractivity contribution in [2.75, 3.05) is 27.5 Å². The van der Waals surface area contributed by atoms with Crippen LogP contribution >= 0.6 is 11.8 Å². The van der Waals surface area contributed by atoms with Crippen LogP contribution in [0.4, 0.5) is 0 Å². The van der Waals surface area contributed by atoms with Gasteiger partial charge in [0.1, 0.15) is 11.5 Å². The lowest BCUT2D eigenvalue weighted by molar-refractivity contribution is 0.375. The Hall–Kier alpha value is -0.870. The van der Waals surface area contributed by atoms with Gasteiger partial charge in [0.15, 0.2) is 0 Å². The van der Waals surface area contributed by atoms with Crippen LogP contribution in [-0.4, -0.2) is 33.1 Å². The van der Waals surface area contributed by atoms with Crippen LogP contribution in [0.3, 0.4) is 0 Å². The van der Waals surface area contributed by atoms with E-state index < -0.39 is 0 Å². The summed E-state index contributed by atoms with van der Waals surface area (Å²) in [6, 6.07) is 4.12. The van der Waals surface area contributed by atoms with Crippen LogP contribution in [-0.2, 0) is 6.42 Å². The molecule has 18 heavy (non-hydrogen) atoms. The molecule has 0 aliphatic heterocycles. The molecule has 0 radical (unpaired) electrons. The molecule has 0 aliphatic rings. The van der Waals surface area contributed by atoms with Gasteiger partial charge in [-0.25, -0.2) is 0 Å². The Balaban J connectivity index is 3.17. The normalized spacial score (nSPS) is 11.4. The van der Waals surface area contributed by atoms with Crippen molar-refractivity contribution in [3.8, 4) is 11.5 Å². The first-order valence-corrected chi connectivity index (χ1v) is 7.17. The van der Waals surface area contributed by atoms with Gasteiger partial charge in [-0.2, -0.15) is 0 Å². The second-order valence-electron chi connectivity index (χ2n) is 4.83. The molecule has 1 N–H and O–H groups in total. The summed E-state index contributed by atoms with van der Waals surface area (Å²) in [6.07, 6.45) is 2.92. The molecule has 0 aromatic heterocycles. The minimum atomic E-state index is 0.0269. The second kappa shape index (κ2) is 6.34. The van der Waals surface area contributed by atoms with Crippen molar-refractivity contribution in [3.05, 3.63) is 17.7 Å². The van der Waals surface area contributed by atoms with Gasteiger partial charge in [-0.3, -0.25) is 0 Å². The van der Waals surface area contributed by atoms with Gasteiger partial charge in [0.2, 0.25) is 0 Å². The van der Waals surface area contributed by atoms with E-state index in [0.717, 1.165) is 28.4 Å². The molecule has 0 heterocycles. The lowest BCUT2D eigenvalue weighted by atomic mass is 9.94. The minimum Gasteiger partial charge on any atom is -0.496 e. The van der Waals surface area contributed by atoms with Crippen molar-refractivity contribution in [2.45, 2.75) is 30.7 Å². The Bertz CT molecular complexity index is 405. The van der Waals surface area contributed by atoms with E-state index >= 15 is 0 Å². The molecule has 1 aromatic carbocycles. The van der Waals surface area contributed by atoms with E-state index in [0.29, 0.717) is 0 Å². The molecule has 4 heteroatoms. The highest BCUT2D eigenvalue weighted by Gasteiger charge is 2.20. The van der Waals surface area contributed by atoms with Gasteiger partial charge in [0, 0.05) is 5.54 Å². The van der Waals surface area contributed by atoms with Gasteiger partial charge in [0.25, 0.3) is 0 Å². The molecule has 1 aromatic rings. The summed E-state index contributed by atoms with van der Waals surface area (Å²) in [5.41, 5.74) is 1.19. The highest BCUT2D eigenvalue weighted by atomic mass is 32.2. The molecule has 102 valence electrons. The van der Waals surface area contributed by atoms with E-state index in [-0.39, 0.29) is 5.54 Å². The third-order valence-electron chi connectivity index (χ3n) is 3.10. The summed E-state index contributed by atoms with van der Waals surface area (Å²) in [5.74, 6) is 1.83. The monoisotopic (exact) mass is 269 g/mol. The van der Waals surface area contributed by atoms with Crippen molar-refractivity contribution in [3.63, 3.8) is 0 Å². The molecular weight excluding hydrogens is 246 g/mol. The maximum Gasteiger partial charge on any atom is 0.132 e. The SMILES string of the molecule is CNC(C)(C)Cc1cc(OC)c(SC)cc1OC. The molecule has 0 saturated carbocycles. The van der Waals surface area contributed by atoms with Crippen LogP contribution in [0.15, 0.2) is 17.0 Å². The van der Waals surface area contributed by atoms with Crippen molar-refractivity contribution in [1.82, 2.24) is 5.32 Å². The van der Waals surface area contributed by atoms with Gasteiger partial charge in [0.05, 0.1) is 19.1 Å². The first-order valence-electron chi connectivity index (χ1n) is 5.95. The van der Waals surface area contributed by atoms with Crippen molar-refractivity contribution >= 4 is 11.8 Å². The van der Waals surface area contributed by atoms with E-state index in [4.69, 9.17) is 9.47 Å². The largest absolute Gasteiger partial charge is 0.496 e. The predicted octanol–water partition coefficient (Wildman–Crippen LogP) is 2.97. The fourth-order valence-corrected chi connectivity index (χ4v) is 2.36. The Morgan fingerprint density at radius 3 is 2.22 bits per heavy atom. The highest BCUT2D eigenvalue weighted by molar-refractivity contribution is 7.98. The second-order valence-corrected chi connectivity index (χ2v) is 5.68. The van der Waals surface area contributed by atoms with Crippen LogP contribution < -0.4 is 14.8 Å². The van der Waals surface area contributed by atoms with Crippen molar-refractivity contribution in [2.24, 2.45) is 0 Å². The Labute approximate surface area is 114 Å². The highest BCUT2D eigenvalue weighted by Crippen LogP contribution is 2.35. The van der Waals surface area contributed by atoms with E-state index in [1.54, 1.807) is 26.0 Å². The number of benzene rings is 1. The number of likely N-dealkylation sites (N-methyl/N-ethyl adjacent to an activating group) is 1. The van der Waals surface area contributed by atoms with E-state index in [2.05, 4.69) is 25.2 Å². The van der Waals surface area contributed by atoms with Gasteiger partial charge in [-0.05, 0) is 51.3 Å². The number of methoxy groups -OCH3 is 2. The average molecular weight is 269 g/mol. The Kier molecular flexibility index (Phi) is 5.35. The number of hydrogen-bond acceptors (Lipinski definition) is 4. The third kappa shape index (κ3) is 3.56. The molecule has 0 atom stereocenters. The molecule has 0 aliphatic carbocycles. The van der Waals surface area contributed by atoms with Gasteiger partial charge in [-0.1, -0.05) is 0 Å². The molecular formula is C14H23NO2S. The average Bonchev–Trinajstić information content (AvgIpc) is 2.37. The summed E-state index contributed by atoms with van der Waals surface area (Å²) < 4.78 is 10.9. The summed E-state index contributed by atoms with van der Waals surface area (Å²) in [5, 5.41) is 3.31. The van der Waals surface area contributed by atoms with Crippen LogP contribution in [0.5, 0.6) is 11.5 Å². The molecule has 3 nitrogen and oxygen atoms in total. The quantitative estimate of drug-likeness (QED) is 0.804. The van der Waals surface area contributed by atoms with Crippen LogP contribution in [0.25, 0.3) is 0 Å². The molecule has 0 saturated heterocycles. The maximum atomic E-state index is 5.48. The maximum absolute atomic E-state index is 5.48. The standard InChI is InChI=1S/C14H23NO2S/c1-14(2,15-3)9-10-7-12(17-5)13(18-6)8-11(10)16-4/h7-8,15H,9H2,1-6H3. The predicted molar refractivity (Wildman–Crippen MR) is 78.2 cm³/mol. The number of thioether (sulfide) groups is 1. The Morgan fingerprint density at radius 2 is 1.78 bits per heavy atom. The summed E-state index contributed by atoms with van der Waals surface area (Å²) in [6.45, 7) is 4.34. The van der Waals surface area contributed by atoms with Gasteiger partial charge < -0.3 is 14.8 Å². The molecule has 0 unspecified atom stereocenters. The molecule has 0 amide bonds. The van der Waals surface area contributed by atoms with Crippen LogP contribution in [0, 0.1) is 0 Å². The first-order chi connectivity index (χ1) is 8.47. The zero-order valence-electron chi connectivity index (χ0n) is 12.1. The van der Waals surface area contributed by atoms with Gasteiger partial charge in [-0.15, -0.1) is 11.8 Å². The van der Waals surface area contributed by atoms with Crippen molar-refractivity contribution < 1.29 is 9.47 Å². The number of nitrogens with one attached hydrogen (secondary N) is 1. The lowest BCUT2D eigenvalue weighted by Gasteiger charge is -2.25. The van der Waals surface area contributed by atoms with Gasteiger partial charge >= 0.3 is 0 Å². The Morgan fingerprint density at radius 1 is 1.17 bits per heavy atom. The van der Waals surface area contributed by atoms with E-state index in [9.17, 15) is 0 Å². The number of rotatable bonds is 6. The van der Waals surface area contributed by atoms with E-state index in [1.165, 1.54) is 0 Å². The summed E-state index contributed by atoms with van der Waals surface area (Å²) in [4.78, 5) is 1.10. The van der Waals surface area contributed by atoms with Crippen molar-refractivity contribution in [1.29, 1.82) is 0 Å². The molecule has 0 bridgehead atoms. The lowest BCUT2D eigenvalue weighted by Crippen LogP contribution is -2.38. The zero-order valence-corrected chi connectivity index (χ0v) is 12.9. The van der Waals surface area contributed by atoms with E-state index in [1.807, 2.05) is 19.4 Å². The molecule has 0 spiro atoms. The minimum absolute atomic E-state index is 0.0269. The third-order valence-corrected chi connectivity index (χ3v) is 3.85. The fraction of sp³-hybridized carbons (Fsp3) is 0.571. The fourth-order valence-electron chi connectivity index (χ4n) is 1.80. The van der Waals surface area contributed by atoms with Crippen LogP contribution in [0.2, 0.25) is 0 Å². The topological polar surface area (TPSA) is 30.5 Å². The smallest absolute Gasteiger partial charge is 0.132 e. The number of hydrogen-bond donors (Lipinski definition) is 1. The summed E-state index contributed by atoms with van der Waals surface area (Å²) >= 11 is 1.66. The first kappa shape index (κ1) is 15.2. The molecule has 1 rings (SSSR count). The summed E-state index contributed by atoms with van der Waals surface area (Å²) in [7, 11) is 5.39. The van der Waals surface area contributed by atoms with Crippen LogP contribution in [0.1, 0.15) is 19.4 Å².